The van der Waals surface area contributed by atoms with E-state index in [0.29, 0.717) is 12.8 Å². The number of rotatable bonds is 10. The van der Waals surface area contributed by atoms with Crippen molar-refractivity contribution >= 4 is 47.3 Å². The van der Waals surface area contributed by atoms with Crippen LogP contribution in [0.5, 0.6) is 0 Å². The van der Waals surface area contributed by atoms with E-state index >= 15 is 0 Å². The lowest BCUT2D eigenvalue weighted by molar-refractivity contribution is -0.139. The molecule has 0 spiro atoms. The number of nitrogens with one attached hydrogen (secondary N) is 8. The zero-order valence-corrected chi connectivity index (χ0v) is 35.1. The van der Waals surface area contributed by atoms with Crippen molar-refractivity contribution in [2.45, 2.75) is 169 Å². The predicted octanol–water partition coefficient (Wildman–Crippen LogP) is -1.14. The Kier molecular flexibility index (Phi) is 20.4. The average molecular weight is 797 g/mol. The number of amides is 8. The van der Waals surface area contributed by atoms with Gasteiger partial charge < -0.3 is 52.7 Å². The van der Waals surface area contributed by atoms with Gasteiger partial charge in [-0.2, -0.15) is 0 Å². The molecule has 18 heteroatoms. The Balaban J connectivity index is 3.84. The molecule has 12 atom stereocenters. The second-order valence-electron chi connectivity index (χ2n) is 15.6. The smallest absolute Gasteiger partial charge is 0.245 e. The van der Waals surface area contributed by atoms with E-state index in [-0.39, 0.29) is 12.8 Å². The van der Waals surface area contributed by atoms with Crippen molar-refractivity contribution in [1.29, 1.82) is 0 Å². The van der Waals surface area contributed by atoms with Crippen LogP contribution < -0.4 is 42.5 Å². The number of aliphatic hydroxyl groups excluding tert-OH is 2. The summed E-state index contributed by atoms with van der Waals surface area (Å²) in [6, 6.07) is -10.4. The number of hydrogen-bond acceptors (Lipinski definition) is 10. The van der Waals surface area contributed by atoms with E-state index in [9.17, 15) is 48.6 Å². The minimum Gasteiger partial charge on any atom is -0.391 e. The first kappa shape index (κ1) is 49.7. The lowest BCUT2D eigenvalue weighted by Gasteiger charge is -2.32. The summed E-state index contributed by atoms with van der Waals surface area (Å²) < 4.78 is 0. The largest absolute Gasteiger partial charge is 0.391 e. The maximum Gasteiger partial charge on any atom is 0.245 e. The number of carbonyl (C=O) groups excluding carboxylic acids is 8. The summed E-state index contributed by atoms with van der Waals surface area (Å²) >= 11 is 0. The molecular formula is C38H68N8O10. The van der Waals surface area contributed by atoms with Crippen LogP contribution in [0.25, 0.3) is 0 Å². The Hall–Kier alpha value is -4.32. The van der Waals surface area contributed by atoms with Crippen molar-refractivity contribution in [3.05, 3.63) is 0 Å². The highest BCUT2D eigenvalue weighted by Gasteiger charge is 2.39. The Morgan fingerprint density at radius 3 is 0.839 bits per heavy atom. The SMILES string of the molecule is CC[C@@H]1NC(=O)[C@@H](C(C)C)NC(=O)[C@H]([C@@H](C)O)NC(=O)[C@H]([C@@H](C)CC)NC(=O)[C@H](CC)NC(=O)[C@@H](C(C)C)NC(=O)[C@H]([C@@H](C)O)NC(=O)[C@H]([C@@H](C)CC)NC1=O. The van der Waals surface area contributed by atoms with E-state index in [1.807, 2.05) is 0 Å². The van der Waals surface area contributed by atoms with Crippen molar-refractivity contribution in [1.82, 2.24) is 42.5 Å². The molecule has 10 N–H and O–H groups in total. The summed E-state index contributed by atoms with van der Waals surface area (Å²) in [4.78, 5) is 109. The van der Waals surface area contributed by atoms with Crippen molar-refractivity contribution in [3.63, 3.8) is 0 Å². The van der Waals surface area contributed by atoms with Crippen LogP contribution in [-0.4, -0.2) is 118 Å². The maximum atomic E-state index is 13.7. The van der Waals surface area contributed by atoms with Gasteiger partial charge in [0.15, 0.2) is 0 Å². The third kappa shape index (κ3) is 14.0. The topological polar surface area (TPSA) is 273 Å². The highest BCUT2D eigenvalue weighted by molar-refractivity contribution is 5.99. The first-order chi connectivity index (χ1) is 26.1. The molecule has 56 heavy (non-hydrogen) atoms. The lowest BCUT2D eigenvalue weighted by Crippen LogP contribution is -2.64. The summed E-state index contributed by atoms with van der Waals surface area (Å²) in [5.74, 6) is -8.36. The van der Waals surface area contributed by atoms with Crippen LogP contribution in [0.1, 0.15) is 109 Å². The summed E-state index contributed by atoms with van der Waals surface area (Å²) in [5.41, 5.74) is 0. The van der Waals surface area contributed by atoms with E-state index in [1.54, 1.807) is 69.2 Å². The lowest BCUT2D eigenvalue weighted by atomic mass is 9.96. The van der Waals surface area contributed by atoms with Gasteiger partial charge in [-0.1, -0.05) is 82.1 Å². The van der Waals surface area contributed by atoms with Gasteiger partial charge in [-0.15, -0.1) is 0 Å². The van der Waals surface area contributed by atoms with Crippen LogP contribution in [0.15, 0.2) is 0 Å². The van der Waals surface area contributed by atoms with E-state index < -0.39 is 131 Å². The normalized spacial score (nSPS) is 29.6. The minimum absolute atomic E-state index is 0.0799. The molecule has 1 saturated heterocycles. The molecule has 0 aromatic carbocycles. The molecule has 0 aromatic rings. The molecule has 0 radical (unpaired) electrons. The molecule has 1 fully saturated rings. The summed E-state index contributed by atoms with van der Waals surface area (Å²) in [6.07, 6.45) is -1.91. The van der Waals surface area contributed by atoms with Gasteiger partial charge in [0.2, 0.25) is 47.3 Å². The quantitative estimate of drug-likeness (QED) is 0.127. The standard InChI is InChI=1S/C38H68N8O10/c1-13-19(9)27-35(53)45-29(21(11)47)37(55)41-26(18(7)8)34(52)40-24(16-4)32(50)44-28(20(10)14-2)36(54)46-30(22(12)48)38(56)42-25(17(5)6)33(51)39-23(15-3)31(49)43-27/h17-30,47-48H,13-16H2,1-12H3,(H,39,51)(H,40,52)(H,41,55)(H,42,56)(H,43,49)(H,44,50)(H,45,53)(H,46,54)/t19-,20-,21+,22+,23-,24-,25+,26+,27-,28-,29-,30-/m0/s1. The van der Waals surface area contributed by atoms with Gasteiger partial charge in [-0.3, -0.25) is 38.4 Å². The van der Waals surface area contributed by atoms with E-state index in [1.165, 1.54) is 13.8 Å². The van der Waals surface area contributed by atoms with E-state index in [4.69, 9.17) is 0 Å². The Morgan fingerprint density at radius 2 is 0.607 bits per heavy atom. The second kappa shape index (κ2) is 23.0. The summed E-state index contributed by atoms with van der Waals surface area (Å²) in [6.45, 7) is 19.4. The third-order valence-electron chi connectivity index (χ3n) is 10.3. The molecule has 1 heterocycles. The number of carbonyl (C=O) groups is 8. The fourth-order valence-corrected chi connectivity index (χ4v) is 5.99. The van der Waals surface area contributed by atoms with Gasteiger partial charge in [0.05, 0.1) is 12.2 Å². The van der Waals surface area contributed by atoms with Crippen LogP contribution >= 0.6 is 0 Å². The first-order valence-electron chi connectivity index (χ1n) is 19.8. The van der Waals surface area contributed by atoms with Crippen molar-refractivity contribution in [2.75, 3.05) is 0 Å². The molecule has 8 amide bonds. The van der Waals surface area contributed by atoms with E-state index in [2.05, 4.69) is 42.5 Å². The number of aliphatic hydroxyl groups is 2. The molecule has 1 aliphatic heterocycles. The van der Waals surface area contributed by atoms with Gasteiger partial charge >= 0.3 is 0 Å². The zero-order valence-electron chi connectivity index (χ0n) is 35.1. The molecule has 0 unspecified atom stereocenters. The molecule has 0 aromatic heterocycles. The van der Waals surface area contributed by atoms with Crippen LogP contribution in [0.3, 0.4) is 0 Å². The molecule has 0 aliphatic carbocycles. The Morgan fingerprint density at radius 1 is 0.375 bits per heavy atom. The van der Waals surface area contributed by atoms with Crippen LogP contribution in [-0.2, 0) is 38.4 Å². The summed E-state index contributed by atoms with van der Waals surface area (Å²) in [7, 11) is 0. The maximum absolute atomic E-state index is 13.7. The second-order valence-corrected chi connectivity index (χ2v) is 15.6. The highest BCUT2D eigenvalue weighted by Crippen LogP contribution is 2.14. The molecule has 320 valence electrons. The van der Waals surface area contributed by atoms with Crippen LogP contribution in [0.2, 0.25) is 0 Å². The van der Waals surface area contributed by atoms with Gasteiger partial charge in [0.25, 0.3) is 0 Å². The minimum atomic E-state index is -1.56. The Labute approximate surface area is 331 Å². The third-order valence-corrected chi connectivity index (χ3v) is 10.3. The molecule has 18 nitrogen and oxygen atoms in total. The van der Waals surface area contributed by atoms with Crippen molar-refractivity contribution in [3.8, 4) is 0 Å². The first-order valence-corrected chi connectivity index (χ1v) is 19.8. The molecule has 1 aliphatic rings. The van der Waals surface area contributed by atoms with Gasteiger partial charge in [-0.05, 0) is 50.4 Å². The molecule has 0 saturated carbocycles. The zero-order chi connectivity index (χ0) is 43.2. The van der Waals surface area contributed by atoms with Crippen LogP contribution in [0, 0.1) is 23.7 Å². The predicted molar refractivity (Wildman–Crippen MR) is 208 cm³/mol. The molecule has 0 bridgehead atoms. The fourth-order valence-electron chi connectivity index (χ4n) is 5.99. The van der Waals surface area contributed by atoms with Gasteiger partial charge in [-0.25, -0.2) is 0 Å². The Bertz CT molecular complexity index is 1290. The van der Waals surface area contributed by atoms with Crippen LogP contribution in [0.4, 0.5) is 0 Å². The van der Waals surface area contributed by atoms with Gasteiger partial charge in [0.1, 0.15) is 48.3 Å². The van der Waals surface area contributed by atoms with E-state index in [0.717, 1.165) is 0 Å². The van der Waals surface area contributed by atoms with Gasteiger partial charge in [0, 0.05) is 0 Å². The molecular weight excluding hydrogens is 728 g/mol. The number of hydrogen-bond donors (Lipinski definition) is 10. The van der Waals surface area contributed by atoms with Crippen molar-refractivity contribution < 1.29 is 48.6 Å². The fraction of sp³-hybridized carbons (Fsp3) is 0.789. The van der Waals surface area contributed by atoms with Crippen molar-refractivity contribution in [2.24, 2.45) is 23.7 Å². The average Bonchev–Trinajstić information content (AvgIpc) is 3.13. The monoisotopic (exact) mass is 797 g/mol. The summed E-state index contributed by atoms with van der Waals surface area (Å²) in [5, 5.41) is 42.0. The molecule has 1 rings (SSSR count). The highest BCUT2D eigenvalue weighted by atomic mass is 16.3.